The molecule has 0 radical (unpaired) electrons. The lowest BCUT2D eigenvalue weighted by atomic mass is 10.0. The second-order valence-electron chi connectivity index (χ2n) is 6.49. The predicted octanol–water partition coefficient (Wildman–Crippen LogP) is 2.93. The second-order valence-corrected chi connectivity index (χ2v) is 8.46. The third-order valence-corrected chi connectivity index (χ3v) is 6.52. The van der Waals surface area contributed by atoms with E-state index in [2.05, 4.69) is 5.32 Å². The Bertz CT molecular complexity index is 834. The van der Waals surface area contributed by atoms with Crippen LogP contribution >= 0.6 is 0 Å². The molecule has 1 fully saturated rings. The Morgan fingerprint density at radius 2 is 1.85 bits per heavy atom. The van der Waals surface area contributed by atoms with Gasteiger partial charge in [0.25, 0.3) is 10.0 Å². The van der Waals surface area contributed by atoms with Gasteiger partial charge in [-0.15, -0.1) is 0 Å². The summed E-state index contributed by atoms with van der Waals surface area (Å²) in [5.41, 5.74) is 8.04. The molecule has 0 atom stereocenters. The molecule has 1 saturated heterocycles. The number of benzene rings is 2. The van der Waals surface area contributed by atoms with Crippen molar-refractivity contribution in [2.75, 3.05) is 42.2 Å². The first kappa shape index (κ1) is 18.5. The van der Waals surface area contributed by atoms with Gasteiger partial charge in [-0.2, -0.15) is 0 Å². The van der Waals surface area contributed by atoms with Crippen molar-refractivity contribution in [2.24, 2.45) is 5.92 Å². The number of hydrogen-bond donors (Lipinski definition) is 2. The van der Waals surface area contributed by atoms with Crippen LogP contribution in [0, 0.1) is 5.92 Å². The molecule has 26 heavy (non-hydrogen) atoms. The maximum atomic E-state index is 12.7. The van der Waals surface area contributed by atoms with E-state index in [0.29, 0.717) is 17.3 Å². The van der Waals surface area contributed by atoms with Crippen LogP contribution in [0.2, 0.25) is 0 Å². The highest BCUT2D eigenvalue weighted by atomic mass is 32.2. The summed E-state index contributed by atoms with van der Waals surface area (Å²) in [6.45, 7) is 2.46. The van der Waals surface area contributed by atoms with Crippen molar-refractivity contribution >= 4 is 27.1 Å². The zero-order valence-corrected chi connectivity index (χ0v) is 15.7. The summed E-state index contributed by atoms with van der Waals surface area (Å²) in [5.74, 6) is 0.573. The van der Waals surface area contributed by atoms with Crippen LogP contribution in [0.5, 0.6) is 0 Å². The van der Waals surface area contributed by atoms with Gasteiger partial charge in [0.2, 0.25) is 0 Å². The number of rotatable bonds is 6. The highest BCUT2D eigenvalue weighted by molar-refractivity contribution is 7.92. The Morgan fingerprint density at radius 1 is 1.15 bits per heavy atom. The van der Waals surface area contributed by atoms with Gasteiger partial charge in [-0.1, -0.05) is 18.2 Å². The molecule has 7 heteroatoms. The first-order valence-electron chi connectivity index (χ1n) is 8.73. The molecule has 0 bridgehead atoms. The zero-order chi connectivity index (χ0) is 18.6. The summed E-state index contributed by atoms with van der Waals surface area (Å²) in [7, 11) is -2.07. The van der Waals surface area contributed by atoms with Crippen LogP contribution in [0.15, 0.2) is 53.4 Å². The summed E-state index contributed by atoms with van der Waals surface area (Å²) < 4.78 is 32.1. The van der Waals surface area contributed by atoms with Crippen LogP contribution in [0.3, 0.4) is 0 Å². The summed E-state index contributed by atoms with van der Waals surface area (Å²) in [4.78, 5) is 0.253. The highest BCUT2D eigenvalue weighted by Gasteiger charge is 2.21. The molecule has 0 unspecified atom stereocenters. The molecule has 6 nitrogen and oxygen atoms in total. The Morgan fingerprint density at radius 3 is 2.50 bits per heavy atom. The lowest BCUT2D eigenvalue weighted by Gasteiger charge is -2.24. The van der Waals surface area contributed by atoms with E-state index >= 15 is 0 Å². The molecule has 0 spiro atoms. The number of nitrogens with one attached hydrogen (secondary N) is 1. The lowest BCUT2D eigenvalue weighted by molar-refractivity contribution is 0.0699. The van der Waals surface area contributed by atoms with Crippen LogP contribution < -0.4 is 15.4 Å². The summed E-state index contributed by atoms with van der Waals surface area (Å²) in [5, 5.41) is 3.37. The number of ether oxygens (including phenoxy) is 1. The van der Waals surface area contributed by atoms with Gasteiger partial charge in [0.15, 0.2) is 0 Å². The molecular weight excluding hydrogens is 350 g/mol. The maximum absolute atomic E-state index is 12.7. The molecule has 0 aromatic heterocycles. The van der Waals surface area contributed by atoms with Crippen molar-refractivity contribution in [2.45, 2.75) is 17.7 Å². The highest BCUT2D eigenvalue weighted by Crippen LogP contribution is 2.28. The predicted molar refractivity (Wildman–Crippen MR) is 105 cm³/mol. The van der Waals surface area contributed by atoms with Crippen molar-refractivity contribution in [3.63, 3.8) is 0 Å². The zero-order valence-electron chi connectivity index (χ0n) is 14.9. The Hall–Kier alpha value is -2.25. The fraction of sp³-hybridized carbons (Fsp3) is 0.368. The van der Waals surface area contributed by atoms with Crippen LogP contribution in [-0.4, -0.2) is 35.2 Å². The molecule has 1 aliphatic heterocycles. The number of anilines is 3. The molecule has 1 heterocycles. The van der Waals surface area contributed by atoms with Crippen molar-refractivity contribution in [3.05, 3.63) is 48.5 Å². The molecule has 2 aromatic carbocycles. The molecule has 140 valence electrons. The van der Waals surface area contributed by atoms with Gasteiger partial charge >= 0.3 is 0 Å². The first-order valence-corrected chi connectivity index (χ1v) is 10.2. The van der Waals surface area contributed by atoms with E-state index in [1.54, 1.807) is 42.5 Å². The van der Waals surface area contributed by atoms with E-state index < -0.39 is 10.0 Å². The number of sulfonamides is 1. The summed E-state index contributed by atoms with van der Waals surface area (Å²) in [6.07, 6.45) is 2.09. The van der Waals surface area contributed by atoms with Crippen molar-refractivity contribution in [1.82, 2.24) is 0 Å². The van der Waals surface area contributed by atoms with E-state index in [4.69, 9.17) is 10.5 Å². The van der Waals surface area contributed by atoms with Gasteiger partial charge in [0, 0.05) is 26.8 Å². The van der Waals surface area contributed by atoms with Gasteiger partial charge in [-0.25, -0.2) is 8.42 Å². The van der Waals surface area contributed by atoms with Crippen LogP contribution in [0.25, 0.3) is 0 Å². The van der Waals surface area contributed by atoms with E-state index in [1.165, 1.54) is 11.4 Å². The normalized spacial score (nSPS) is 15.6. The maximum Gasteiger partial charge on any atom is 0.264 e. The largest absolute Gasteiger partial charge is 0.397 e. The lowest BCUT2D eigenvalue weighted by Crippen LogP contribution is -2.26. The minimum absolute atomic E-state index is 0.253. The molecule has 0 amide bonds. The monoisotopic (exact) mass is 375 g/mol. The Kier molecular flexibility index (Phi) is 5.68. The van der Waals surface area contributed by atoms with Gasteiger partial charge in [0.1, 0.15) is 0 Å². The quantitative estimate of drug-likeness (QED) is 0.759. The minimum atomic E-state index is -3.61. The smallest absolute Gasteiger partial charge is 0.264 e. The standard InChI is InChI=1S/C19H25N3O3S/c1-22(26(23,24)17-5-3-2-4-6-17)16-7-8-19(18(20)13-16)21-14-15-9-11-25-12-10-15/h2-8,13,15,21H,9-12,14,20H2,1H3. The average molecular weight is 375 g/mol. The Balaban J connectivity index is 1.72. The van der Waals surface area contributed by atoms with E-state index in [0.717, 1.165) is 38.3 Å². The fourth-order valence-electron chi connectivity index (χ4n) is 3.00. The van der Waals surface area contributed by atoms with E-state index in [-0.39, 0.29) is 4.90 Å². The number of hydrogen-bond acceptors (Lipinski definition) is 5. The van der Waals surface area contributed by atoms with Gasteiger partial charge in [-0.3, -0.25) is 4.31 Å². The van der Waals surface area contributed by atoms with Gasteiger partial charge in [0.05, 0.1) is 22.0 Å². The Labute approximate surface area is 155 Å². The van der Waals surface area contributed by atoms with Crippen molar-refractivity contribution < 1.29 is 13.2 Å². The van der Waals surface area contributed by atoms with Crippen molar-refractivity contribution in [3.8, 4) is 0 Å². The molecule has 1 aliphatic rings. The molecule has 3 N–H and O–H groups in total. The minimum Gasteiger partial charge on any atom is -0.397 e. The number of nitrogens with two attached hydrogens (primary N) is 1. The number of nitrogen functional groups attached to an aromatic ring is 1. The third kappa shape index (κ3) is 4.11. The van der Waals surface area contributed by atoms with E-state index in [1.807, 2.05) is 6.07 Å². The molecular formula is C19H25N3O3S. The van der Waals surface area contributed by atoms with Gasteiger partial charge < -0.3 is 15.8 Å². The number of nitrogens with zero attached hydrogens (tertiary/aromatic N) is 1. The SMILES string of the molecule is CN(c1ccc(NCC2CCOCC2)c(N)c1)S(=O)(=O)c1ccccc1. The second kappa shape index (κ2) is 7.97. The van der Waals surface area contributed by atoms with Crippen LogP contribution in [0.1, 0.15) is 12.8 Å². The fourth-order valence-corrected chi connectivity index (χ4v) is 4.21. The van der Waals surface area contributed by atoms with Crippen LogP contribution in [0.4, 0.5) is 17.1 Å². The van der Waals surface area contributed by atoms with Crippen LogP contribution in [-0.2, 0) is 14.8 Å². The van der Waals surface area contributed by atoms with Gasteiger partial charge in [-0.05, 0) is 49.1 Å². The summed E-state index contributed by atoms with van der Waals surface area (Å²) >= 11 is 0. The summed E-state index contributed by atoms with van der Waals surface area (Å²) in [6, 6.07) is 13.7. The third-order valence-electron chi connectivity index (χ3n) is 4.72. The molecule has 0 saturated carbocycles. The molecule has 0 aliphatic carbocycles. The first-order chi connectivity index (χ1) is 12.5. The van der Waals surface area contributed by atoms with E-state index in [9.17, 15) is 8.42 Å². The topological polar surface area (TPSA) is 84.7 Å². The average Bonchev–Trinajstić information content (AvgIpc) is 2.68. The van der Waals surface area contributed by atoms with Crippen molar-refractivity contribution in [1.29, 1.82) is 0 Å². The molecule has 2 aromatic rings. The molecule has 3 rings (SSSR count).